The lowest BCUT2D eigenvalue weighted by Crippen LogP contribution is -2.38. The Bertz CT molecular complexity index is 788. The number of carbonyl (C=O) groups excluding carboxylic acids is 4. The second-order valence-electron chi connectivity index (χ2n) is 6.49. The lowest BCUT2D eigenvalue weighted by molar-refractivity contribution is -0.142. The lowest BCUT2D eigenvalue weighted by Gasteiger charge is -2.15. The van der Waals surface area contributed by atoms with E-state index in [1.807, 2.05) is 12.2 Å². The van der Waals surface area contributed by atoms with Gasteiger partial charge in [0.25, 0.3) is 0 Å². The molecule has 3 amide bonds. The van der Waals surface area contributed by atoms with E-state index in [2.05, 4.69) is 10.1 Å². The Morgan fingerprint density at radius 3 is 2.35 bits per heavy atom. The fourth-order valence-electron chi connectivity index (χ4n) is 3.36. The molecule has 2 aliphatic rings. The summed E-state index contributed by atoms with van der Waals surface area (Å²) in [6.07, 6.45) is 4.87. The third-order valence-electron chi connectivity index (χ3n) is 4.83. The van der Waals surface area contributed by atoms with Crippen LogP contribution in [0.2, 0.25) is 0 Å². The van der Waals surface area contributed by atoms with Crippen molar-refractivity contribution in [2.24, 2.45) is 11.8 Å². The first-order valence-corrected chi connectivity index (χ1v) is 8.41. The van der Waals surface area contributed by atoms with E-state index in [-0.39, 0.29) is 30.2 Å². The topological polar surface area (TPSA) is 92.8 Å². The first kappa shape index (κ1) is 17.8. The van der Waals surface area contributed by atoms with Crippen molar-refractivity contribution in [1.82, 2.24) is 4.90 Å². The zero-order chi connectivity index (χ0) is 18.8. The van der Waals surface area contributed by atoms with Gasteiger partial charge in [-0.1, -0.05) is 18.2 Å². The number of allylic oxidation sites excluding steroid dienone is 2. The van der Waals surface area contributed by atoms with E-state index in [1.54, 1.807) is 19.1 Å². The summed E-state index contributed by atoms with van der Waals surface area (Å²) in [6, 6.07) is 4.80. The monoisotopic (exact) mass is 356 g/mol. The van der Waals surface area contributed by atoms with Gasteiger partial charge < -0.3 is 10.1 Å². The molecule has 1 fully saturated rings. The molecule has 2 atom stereocenters. The van der Waals surface area contributed by atoms with Crippen LogP contribution in [0.1, 0.15) is 28.8 Å². The molecule has 0 radical (unpaired) electrons. The van der Waals surface area contributed by atoms with Gasteiger partial charge in [0.05, 0.1) is 24.5 Å². The molecule has 26 heavy (non-hydrogen) atoms. The summed E-state index contributed by atoms with van der Waals surface area (Å²) in [5.41, 5.74) is 1.50. The molecule has 0 aromatic heterocycles. The van der Waals surface area contributed by atoms with Gasteiger partial charge in [0.15, 0.2) is 0 Å². The van der Waals surface area contributed by atoms with Gasteiger partial charge in [-0.25, -0.2) is 4.79 Å². The van der Waals surface area contributed by atoms with Crippen LogP contribution >= 0.6 is 0 Å². The molecule has 2 unspecified atom stereocenters. The first-order chi connectivity index (χ1) is 12.4. The highest BCUT2D eigenvalue weighted by Gasteiger charge is 2.47. The molecule has 136 valence electrons. The van der Waals surface area contributed by atoms with E-state index >= 15 is 0 Å². The van der Waals surface area contributed by atoms with Crippen LogP contribution in [-0.2, 0) is 19.1 Å². The van der Waals surface area contributed by atoms with E-state index in [9.17, 15) is 19.2 Å². The predicted molar refractivity (Wildman–Crippen MR) is 93.2 cm³/mol. The van der Waals surface area contributed by atoms with Crippen LogP contribution in [0.15, 0.2) is 30.4 Å². The van der Waals surface area contributed by atoms with Crippen molar-refractivity contribution in [1.29, 1.82) is 0 Å². The summed E-state index contributed by atoms with van der Waals surface area (Å²) >= 11 is 0. The quantitative estimate of drug-likeness (QED) is 0.503. The number of fused-ring (bicyclic) bond motifs is 1. The van der Waals surface area contributed by atoms with E-state index in [0.29, 0.717) is 24.1 Å². The number of hydrogen-bond donors (Lipinski definition) is 1. The molecule has 1 N–H and O–H groups in total. The SMILES string of the molecule is COC(=O)c1ccc(C)c(NC(=O)CN2C(=O)C3CC=CCC3C2=O)c1. The number of hydrogen-bond acceptors (Lipinski definition) is 5. The van der Waals surface area contributed by atoms with Crippen molar-refractivity contribution in [2.45, 2.75) is 19.8 Å². The number of amides is 3. The molecule has 1 heterocycles. The number of rotatable bonds is 4. The number of aryl methyl sites for hydroxylation is 1. The van der Waals surface area contributed by atoms with Gasteiger partial charge in [0.1, 0.15) is 6.54 Å². The zero-order valence-electron chi connectivity index (χ0n) is 14.7. The van der Waals surface area contributed by atoms with E-state index in [0.717, 1.165) is 10.5 Å². The highest BCUT2D eigenvalue weighted by atomic mass is 16.5. The molecule has 1 aliphatic carbocycles. The van der Waals surface area contributed by atoms with Gasteiger partial charge in [-0.3, -0.25) is 19.3 Å². The number of likely N-dealkylation sites (tertiary alicyclic amines) is 1. The summed E-state index contributed by atoms with van der Waals surface area (Å²) in [4.78, 5) is 49.9. The maximum Gasteiger partial charge on any atom is 0.337 e. The minimum absolute atomic E-state index is 0.292. The van der Waals surface area contributed by atoms with Crippen molar-refractivity contribution in [2.75, 3.05) is 19.0 Å². The summed E-state index contributed by atoms with van der Waals surface area (Å²) in [5, 5.41) is 2.67. The highest BCUT2D eigenvalue weighted by Crippen LogP contribution is 2.34. The molecule has 0 saturated carbocycles. The van der Waals surface area contributed by atoms with Crippen molar-refractivity contribution >= 4 is 29.4 Å². The molecule has 1 aromatic carbocycles. The summed E-state index contributed by atoms with van der Waals surface area (Å²) in [5.74, 6) is -2.29. The molecular formula is C19H20N2O5. The second kappa shape index (κ2) is 7.11. The zero-order valence-corrected chi connectivity index (χ0v) is 14.7. The predicted octanol–water partition coefficient (Wildman–Crippen LogP) is 1.67. The number of nitrogens with zero attached hydrogens (tertiary/aromatic N) is 1. The van der Waals surface area contributed by atoms with Crippen LogP contribution < -0.4 is 5.32 Å². The van der Waals surface area contributed by atoms with Gasteiger partial charge in [-0.15, -0.1) is 0 Å². The van der Waals surface area contributed by atoms with Crippen LogP contribution in [0.4, 0.5) is 5.69 Å². The summed E-state index contributed by atoms with van der Waals surface area (Å²) < 4.78 is 4.67. The number of nitrogens with one attached hydrogen (secondary N) is 1. The number of carbonyl (C=O) groups is 4. The molecule has 7 nitrogen and oxygen atoms in total. The highest BCUT2D eigenvalue weighted by molar-refractivity contribution is 6.09. The van der Waals surface area contributed by atoms with Gasteiger partial charge in [-0.2, -0.15) is 0 Å². The molecule has 3 rings (SSSR count). The van der Waals surface area contributed by atoms with Gasteiger partial charge >= 0.3 is 5.97 Å². The fourth-order valence-corrected chi connectivity index (χ4v) is 3.36. The number of benzene rings is 1. The van der Waals surface area contributed by atoms with Crippen LogP contribution in [0, 0.1) is 18.8 Å². The standard InChI is InChI=1S/C19H20N2O5/c1-11-7-8-12(19(25)26-2)9-15(11)20-16(22)10-21-17(23)13-5-3-4-6-14(13)18(21)24/h3-4,7-9,13-14H,5-6,10H2,1-2H3,(H,20,22). The molecule has 7 heteroatoms. The number of anilines is 1. The fraction of sp³-hybridized carbons (Fsp3) is 0.368. The van der Waals surface area contributed by atoms with Crippen molar-refractivity contribution < 1.29 is 23.9 Å². The third kappa shape index (κ3) is 3.24. The van der Waals surface area contributed by atoms with E-state index in [1.165, 1.54) is 13.2 Å². The van der Waals surface area contributed by atoms with Crippen LogP contribution in [0.5, 0.6) is 0 Å². The van der Waals surface area contributed by atoms with Gasteiger partial charge in [-0.05, 0) is 37.5 Å². The third-order valence-corrected chi connectivity index (χ3v) is 4.83. The Hall–Kier alpha value is -2.96. The van der Waals surface area contributed by atoms with E-state index < -0.39 is 11.9 Å². The number of imide groups is 1. The second-order valence-corrected chi connectivity index (χ2v) is 6.49. The van der Waals surface area contributed by atoms with Gasteiger partial charge in [0, 0.05) is 5.69 Å². The van der Waals surface area contributed by atoms with Crippen molar-refractivity contribution in [3.63, 3.8) is 0 Å². The minimum atomic E-state index is -0.512. The Labute approximate surface area is 151 Å². The minimum Gasteiger partial charge on any atom is -0.465 e. The summed E-state index contributed by atoms with van der Waals surface area (Å²) in [7, 11) is 1.28. The lowest BCUT2D eigenvalue weighted by atomic mass is 9.85. The maximum atomic E-state index is 12.4. The molecule has 1 saturated heterocycles. The van der Waals surface area contributed by atoms with Gasteiger partial charge in [0.2, 0.25) is 17.7 Å². The number of methoxy groups -OCH3 is 1. The Balaban J connectivity index is 1.71. The molecule has 0 bridgehead atoms. The number of esters is 1. The van der Waals surface area contributed by atoms with Crippen molar-refractivity contribution in [3.05, 3.63) is 41.5 Å². The smallest absolute Gasteiger partial charge is 0.337 e. The molecule has 1 aliphatic heterocycles. The summed E-state index contributed by atoms with van der Waals surface area (Å²) in [6.45, 7) is 1.45. The van der Waals surface area contributed by atoms with Crippen LogP contribution in [0.3, 0.4) is 0 Å². The first-order valence-electron chi connectivity index (χ1n) is 8.41. The normalized spacial score (nSPS) is 21.5. The van der Waals surface area contributed by atoms with Crippen LogP contribution in [-0.4, -0.2) is 42.2 Å². The van der Waals surface area contributed by atoms with Crippen molar-refractivity contribution in [3.8, 4) is 0 Å². The number of ether oxygens (including phenoxy) is 1. The Morgan fingerprint density at radius 1 is 1.15 bits per heavy atom. The average molecular weight is 356 g/mol. The Kier molecular flexibility index (Phi) is 4.88. The average Bonchev–Trinajstić information content (AvgIpc) is 2.88. The molecule has 0 spiro atoms. The largest absolute Gasteiger partial charge is 0.465 e. The van der Waals surface area contributed by atoms with E-state index in [4.69, 9.17) is 0 Å². The molecular weight excluding hydrogens is 336 g/mol. The molecule has 1 aromatic rings. The Morgan fingerprint density at radius 2 is 1.77 bits per heavy atom. The maximum absolute atomic E-state index is 12.4. The van der Waals surface area contributed by atoms with Crippen LogP contribution in [0.25, 0.3) is 0 Å².